The molecule has 3 nitrogen and oxygen atoms in total. The first kappa shape index (κ1) is 10.4. The molecule has 1 atom stereocenters. The third-order valence-electron chi connectivity index (χ3n) is 2.88. The van der Waals surface area contributed by atoms with E-state index in [9.17, 15) is 0 Å². The van der Waals surface area contributed by atoms with Crippen molar-refractivity contribution >= 4 is 0 Å². The first-order valence-electron chi connectivity index (χ1n) is 5.84. The highest BCUT2D eigenvalue weighted by atomic mass is 16.5. The third-order valence-corrected chi connectivity index (χ3v) is 2.88. The van der Waals surface area contributed by atoms with Crippen molar-refractivity contribution in [3.05, 3.63) is 0 Å². The summed E-state index contributed by atoms with van der Waals surface area (Å²) in [5, 5.41) is 3.48. The minimum absolute atomic E-state index is 0.596. The molecule has 1 unspecified atom stereocenters. The zero-order chi connectivity index (χ0) is 9.64. The Labute approximate surface area is 86.2 Å². The van der Waals surface area contributed by atoms with Gasteiger partial charge in [-0.1, -0.05) is 0 Å². The summed E-state index contributed by atoms with van der Waals surface area (Å²) >= 11 is 0. The average Bonchev–Trinajstić information content (AvgIpc) is 2.87. The van der Waals surface area contributed by atoms with E-state index in [4.69, 9.17) is 9.47 Å². The van der Waals surface area contributed by atoms with Crippen LogP contribution < -0.4 is 5.32 Å². The molecule has 1 saturated heterocycles. The van der Waals surface area contributed by atoms with Crippen LogP contribution >= 0.6 is 0 Å². The van der Waals surface area contributed by atoms with Crippen LogP contribution in [0.4, 0.5) is 0 Å². The van der Waals surface area contributed by atoms with Crippen molar-refractivity contribution in [3.63, 3.8) is 0 Å². The van der Waals surface area contributed by atoms with Crippen LogP contribution in [0.15, 0.2) is 0 Å². The van der Waals surface area contributed by atoms with Crippen molar-refractivity contribution in [2.75, 3.05) is 33.0 Å². The van der Waals surface area contributed by atoms with Crippen LogP contribution in [0.3, 0.4) is 0 Å². The SMILES string of the molecule is C(CNC1CCOC1)COCC1CC1. The fourth-order valence-corrected chi connectivity index (χ4v) is 1.71. The Kier molecular flexibility index (Phi) is 4.22. The monoisotopic (exact) mass is 199 g/mol. The molecule has 0 aromatic rings. The molecule has 0 spiro atoms. The Balaban J connectivity index is 1.35. The fourth-order valence-electron chi connectivity index (χ4n) is 1.71. The smallest absolute Gasteiger partial charge is 0.0620 e. The van der Waals surface area contributed by atoms with Crippen molar-refractivity contribution < 1.29 is 9.47 Å². The van der Waals surface area contributed by atoms with Crippen LogP contribution in [0.5, 0.6) is 0 Å². The van der Waals surface area contributed by atoms with Gasteiger partial charge in [-0.05, 0) is 38.1 Å². The van der Waals surface area contributed by atoms with Crippen LogP contribution in [0.1, 0.15) is 25.7 Å². The molecule has 82 valence electrons. The third kappa shape index (κ3) is 3.95. The molecule has 2 fully saturated rings. The van der Waals surface area contributed by atoms with E-state index in [0.29, 0.717) is 6.04 Å². The molecule has 0 aromatic carbocycles. The number of hydrogen-bond acceptors (Lipinski definition) is 3. The van der Waals surface area contributed by atoms with Gasteiger partial charge in [0.15, 0.2) is 0 Å². The average molecular weight is 199 g/mol. The van der Waals surface area contributed by atoms with E-state index in [2.05, 4.69) is 5.32 Å². The van der Waals surface area contributed by atoms with Gasteiger partial charge in [0.05, 0.1) is 6.61 Å². The maximum atomic E-state index is 5.55. The van der Waals surface area contributed by atoms with Gasteiger partial charge in [-0.15, -0.1) is 0 Å². The molecule has 3 heteroatoms. The van der Waals surface area contributed by atoms with Crippen molar-refractivity contribution in [2.45, 2.75) is 31.7 Å². The molecule has 2 rings (SSSR count). The van der Waals surface area contributed by atoms with Gasteiger partial charge in [-0.3, -0.25) is 0 Å². The van der Waals surface area contributed by atoms with Crippen molar-refractivity contribution in [1.29, 1.82) is 0 Å². The van der Waals surface area contributed by atoms with Crippen LogP contribution in [-0.2, 0) is 9.47 Å². The van der Waals surface area contributed by atoms with Gasteiger partial charge in [0.1, 0.15) is 0 Å². The summed E-state index contributed by atoms with van der Waals surface area (Å²) in [6.45, 7) is 4.79. The minimum Gasteiger partial charge on any atom is -0.381 e. The zero-order valence-electron chi connectivity index (χ0n) is 8.84. The summed E-state index contributed by atoms with van der Waals surface area (Å²) in [5.74, 6) is 0.895. The second kappa shape index (κ2) is 5.69. The van der Waals surface area contributed by atoms with Gasteiger partial charge in [0.25, 0.3) is 0 Å². The van der Waals surface area contributed by atoms with Gasteiger partial charge in [0, 0.05) is 25.9 Å². The quantitative estimate of drug-likeness (QED) is 0.625. The van der Waals surface area contributed by atoms with Crippen molar-refractivity contribution in [1.82, 2.24) is 5.32 Å². The normalized spacial score (nSPS) is 27.0. The molecule has 0 aromatic heterocycles. The topological polar surface area (TPSA) is 30.5 Å². The van der Waals surface area contributed by atoms with Gasteiger partial charge in [-0.2, -0.15) is 0 Å². The molecule has 14 heavy (non-hydrogen) atoms. The molecule has 1 saturated carbocycles. The van der Waals surface area contributed by atoms with E-state index in [-0.39, 0.29) is 0 Å². The highest BCUT2D eigenvalue weighted by Gasteiger charge is 2.20. The molecule has 1 heterocycles. The van der Waals surface area contributed by atoms with Crippen LogP contribution in [-0.4, -0.2) is 39.0 Å². The molecule has 0 bridgehead atoms. The van der Waals surface area contributed by atoms with Gasteiger partial charge in [-0.25, -0.2) is 0 Å². The number of hydrogen-bond donors (Lipinski definition) is 1. The minimum atomic E-state index is 0.596. The van der Waals surface area contributed by atoms with E-state index in [1.807, 2.05) is 0 Å². The van der Waals surface area contributed by atoms with Gasteiger partial charge in [0.2, 0.25) is 0 Å². The summed E-state index contributed by atoms with van der Waals surface area (Å²) in [7, 11) is 0. The summed E-state index contributed by atoms with van der Waals surface area (Å²) in [4.78, 5) is 0. The lowest BCUT2D eigenvalue weighted by Gasteiger charge is -2.10. The summed E-state index contributed by atoms with van der Waals surface area (Å²) in [6, 6.07) is 0.596. The Bertz CT molecular complexity index is 153. The van der Waals surface area contributed by atoms with Crippen molar-refractivity contribution in [2.24, 2.45) is 5.92 Å². The van der Waals surface area contributed by atoms with E-state index >= 15 is 0 Å². The van der Waals surface area contributed by atoms with E-state index in [1.54, 1.807) is 0 Å². The molecule has 0 radical (unpaired) electrons. The maximum Gasteiger partial charge on any atom is 0.0620 e. The predicted octanol–water partition coefficient (Wildman–Crippen LogP) is 1.18. The Morgan fingerprint density at radius 3 is 2.93 bits per heavy atom. The van der Waals surface area contributed by atoms with E-state index in [1.165, 1.54) is 19.3 Å². The molecular formula is C11H21NO2. The molecule has 0 amide bonds. The predicted molar refractivity (Wildman–Crippen MR) is 55.4 cm³/mol. The zero-order valence-corrected chi connectivity index (χ0v) is 8.84. The van der Waals surface area contributed by atoms with Crippen LogP contribution in [0, 0.1) is 5.92 Å². The Hall–Kier alpha value is -0.120. The van der Waals surface area contributed by atoms with Crippen LogP contribution in [0.2, 0.25) is 0 Å². The van der Waals surface area contributed by atoms with E-state index in [0.717, 1.165) is 45.3 Å². The first-order valence-corrected chi connectivity index (χ1v) is 5.84. The van der Waals surface area contributed by atoms with Gasteiger partial charge < -0.3 is 14.8 Å². The highest BCUT2D eigenvalue weighted by molar-refractivity contribution is 4.72. The molecular weight excluding hydrogens is 178 g/mol. The van der Waals surface area contributed by atoms with Crippen molar-refractivity contribution in [3.8, 4) is 0 Å². The number of nitrogens with one attached hydrogen (secondary N) is 1. The number of rotatable bonds is 7. The Morgan fingerprint density at radius 2 is 2.21 bits per heavy atom. The Morgan fingerprint density at radius 1 is 1.29 bits per heavy atom. The lowest BCUT2D eigenvalue weighted by atomic mass is 10.2. The standard InChI is InChI=1S/C11H21NO2/c1(6-13-8-10-2-3-10)5-12-11-4-7-14-9-11/h10-12H,1-9H2. The maximum absolute atomic E-state index is 5.55. The van der Waals surface area contributed by atoms with Gasteiger partial charge >= 0.3 is 0 Å². The second-order valence-electron chi connectivity index (χ2n) is 4.39. The largest absolute Gasteiger partial charge is 0.381 e. The molecule has 1 aliphatic heterocycles. The fraction of sp³-hybridized carbons (Fsp3) is 1.00. The molecule has 1 aliphatic carbocycles. The summed E-state index contributed by atoms with van der Waals surface area (Å²) < 4.78 is 10.8. The highest BCUT2D eigenvalue weighted by Crippen LogP contribution is 2.28. The lowest BCUT2D eigenvalue weighted by molar-refractivity contribution is 0.121. The second-order valence-corrected chi connectivity index (χ2v) is 4.39. The lowest BCUT2D eigenvalue weighted by Crippen LogP contribution is -2.30. The summed E-state index contributed by atoms with van der Waals surface area (Å²) in [6.07, 6.45) is 5.07. The van der Waals surface area contributed by atoms with E-state index < -0.39 is 0 Å². The molecule has 1 N–H and O–H groups in total. The number of ether oxygens (including phenoxy) is 2. The van der Waals surface area contributed by atoms with Crippen LogP contribution in [0.25, 0.3) is 0 Å². The summed E-state index contributed by atoms with van der Waals surface area (Å²) in [5.41, 5.74) is 0. The molecule has 2 aliphatic rings. The first-order chi connectivity index (χ1) is 6.95.